The Morgan fingerprint density at radius 1 is 1.29 bits per heavy atom. The van der Waals surface area contributed by atoms with Crippen LogP contribution in [0, 0.1) is 0 Å². The van der Waals surface area contributed by atoms with Crippen LogP contribution in [0.3, 0.4) is 0 Å². The van der Waals surface area contributed by atoms with Gasteiger partial charge in [0.25, 0.3) is 0 Å². The van der Waals surface area contributed by atoms with Gasteiger partial charge in [0.1, 0.15) is 18.0 Å². The molecule has 0 unspecified atom stereocenters. The summed E-state index contributed by atoms with van der Waals surface area (Å²) < 4.78 is 11.6. The first kappa shape index (κ1) is 16.0. The van der Waals surface area contributed by atoms with E-state index in [0.29, 0.717) is 25.1 Å². The van der Waals surface area contributed by atoms with Crippen LogP contribution in [0.2, 0.25) is 0 Å². The number of rotatable bonds is 7. The fraction of sp³-hybridized carbons (Fsp3) is 0.588. The highest BCUT2D eigenvalue weighted by Gasteiger charge is 2.32. The van der Waals surface area contributed by atoms with Crippen molar-refractivity contribution in [1.82, 2.24) is 0 Å². The van der Waals surface area contributed by atoms with Gasteiger partial charge in [0, 0.05) is 19.1 Å². The first-order valence-corrected chi connectivity index (χ1v) is 7.70. The molecule has 2 N–H and O–H groups in total. The van der Waals surface area contributed by atoms with Gasteiger partial charge >= 0.3 is 0 Å². The fourth-order valence-corrected chi connectivity index (χ4v) is 2.85. The minimum atomic E-state index is -0.171. The Balaban J connectivity index is 1.99. The predicted octanol–water partition coefficient (Wildman–Crippen LogP) is 2.95. The Morgan fingerprint density at radius 3 is 2.71 bits per heavy atom. The molecule has 1 aliphatic carbocycles. The molecule has 4 heteroatoms. The maximum Gasteiger partial charge on any atom is 0.164 e. The van der Waals surface area contributed by atoms with Gasteiger partial charge in [-0.15, -0.1) is 0 Å². The molecule has 116 valence electrons. The molecule has 21 heavy (non-hydrogen) atoms. The quantitative estimate of drug-likeness (QED) is 0.785. The fourth-order valence-electron chi connectivity index (χ4n) is 2.85. The zero-order valence-corrected chi connectivity index (χ0v) is 12.8. The number of ether oxygens (including phenoxy) is 2. The van der Waals surface area contributed by atoms with E-state index in [-0.39, 0.29) is 11.4 Å². The van der Waals surface area contributed by atoms with Crippen molar-refractivity contribution < 1.29 is 14.3 Å². The zero-order valence-electron chi connectivity index (χ0n) is 12.8. The van der Waals surface area contributed by atoms with Gasteiger partial charge in [-0.05, 0) is 31.5 Å². The molecule has 1 aromatic rings. The third-order valence-electron chi connectivity index (χ3n) is 4.23. The van der Waals surface area contributed by atoms with E-state index in [1.54, 1.807) is 19.2 Å². The van der Waals surface area contributed by atoms with Gasteiger partial charge in [-0.3, -0.25) is 4.79 Å². The monoisotopic (exact) mass is 291 g/mol. The molecule has 0 amide bonds. The van der Waals surface area contributed by atoms with E-state index in [2.05, 4.69) is 0 Å². The lowest BCUT2D eigenvalue weighted by Crippen LogP contribution is -2.40. The van der Waals surface area contributed by atoms with Gasteiger partial charge in [-0.25, -0.2) is 0 Å². The number of nitrogens with two attached hydrogens (primary N) is 1. The first-order valence-electron chi connectivity index (χ1n) is 7.70. The second-order valence-electron chi connectivity index (χ2n) is 5.73. The Labute approximate surface area is 126 Å². The molecule has 0 aromatic heterocycles. The van der Waals surface area contributed by atoms with Crippen molar-refractivity contribution in [3.05, 3.63) is 29.8 Å². The van der Waals surface area contributed by atoms with Crippen LogP contribution in [-0.4, -0.2) is 31.6 Å². The van der Waals surface area contributed by atoms with Crippen molar-refractivity contribution in [3.63, 3.8) is 0 Å². The molecule has 1 aliphatic rings. The molecular formula is C17H25NO3. The van der Waals surface area contributed by atoms with Crippen LogP contribution in [0.15, 0.2) is 24.3 Å². The summed E-state index contributed by atoms with van der Waals surface area (Å²) in [5.74, 6) is 0.780. The highest BCUT2D eigenvalue weighted by Crippen LogP contribution is 2.31. The number of hydrogen-bond acceptors (Lipinski definition) is 4. The molecule has 0 spiro atoms. The maximum atomic E-state index is 11.9. The lowest BCUT2D eigenvalue weighted by Gasteiger charge is -2.35. The van der Waals surface area contributed by atoms with Crippen LogP contribution >= 0.6 is 0 Å². The molecule has 4 nitrogen and oxygen atoms in total. The Morgan fingerprint density at radius 2 is 2.05 bits per heavy atom. The molecule has 0 saturated heterocycles. The van der Waals surface area contributed by atoms with Crippen LogP contribution in [0.4, 0.5) is 0 Å². The van der Waals surface area contributed by atoms with E-state index in [4.69, 9.17) is 15.2 Å². The average molecular weight is 291 g/mol. The summed E-state index contributed by atoms with van der Waals surface area (Å²) in [6.07, 6.45) is 6.09. The molecule has 0 radical (unpaired) electrons. The molecular weight excluding hydrogens is 266 g/mol. The standard InChI is InChI=1S/C17H25NO3/c1-20-17(9-3-2-4-10-17)13-21-15-7-5-6-14(12-15)16(19)8-11-18/h5-7,12H,2-4,8-11,13,18H2,1H3. The summed E-state index contributed by atoms with van der Waals surface area (Å²) in [7, 11) is 1.76. The molecule has 2 rings (SSSR count). The largest absolute Gasteiger partial charge is 0.491 e. The first-order chi connectivity index (χ1) is 10.2. The second-order valence-corrected chi connectivity index (χ2v) is 5.73. The summed E-state index contributed by atoms with van der Waals surface area (Å²) in [5, 5.41) is 0. The van der Waals surface area contributed by atoms with Gasteiger partial charge in [-0.2, -0.15) is 0 Å². The van der Waals surface area contributed by atoms with E-state index in [9.17, 15) is 4.79 Å². The van der Waals surface area contributed by atoms with Crippen LogP contribution in [0.1, 0.15) is 48.9 Å². The summed E-state index contributed by atoms with van der Waals surface area (Å²) in [4.78, 5) is 11.9. The lowest BCUT2D eigenvalue weighted by atomic mass is 9.85. The predicted molar refractivity (Wildman–Crippen MR) is 82.8 cm³/mol. The minimum Gasteiger partial charge on any atom is -0.491 e. The van der Waals surface area contributed by atoms with Crippen molar-refractivity contribution in [2.45, 2.75) is 44.1 Å². The van der Waals surface area contributed by atoms with E-state index in [1.165, 1.54) is 19.3 Å². The number of benzene rings is 1. The van der Waals surface area contributed by atoms with E-state index in [0.717, 1.165) is 18.6 Å². The van der Waals surface area contributed by atoms with Crippen LogP contribution in [0.5, 0.6) is 5.75 Å². The number of carbonyl (C=O) groups is 1. The Bertz CT molecular complexity index is 467. The molecule has 0 heterocycles. The summed E-state index contributed by atoms with van der Waals surface area (Å²) in [6.45, 7) is 0.911. The zero-order chi connectivity index (χ0) is 15.1. The van der Waals surface area contributed by atoms with Crippen LogP contribution < -0.4 is 10.5 Å². The summed E-state index contributed by atoms with van der Waals surface area (Å²) >= 11 is 0. The van der Waals surface area contributed by atoms with Crippen molar-refractivity contribution in [2.24, 2.45) is 5.73 Å². The maximum absolute atomic E-state index is 11.9. The summed E-state index contributed by atoms with van der Waals surface area (Å²) in [5.41, 5.74) is 5.92. The van der Waals surface area contributed by atoms with Gasteiger partial charge in [0.05, 0.1) is 0 Å². The van der Waals surface area contributed by atoms with E-state index >= 15 is 0 Å². The molecule has 0 aliphatic heterocycles. The number of ketones is 1. The van der Waals surface area contributed by atoms with Gasteiger partial charge in [-0.1, -0.05) is 31.4 Å². The van der Waals surface area contributed by atoms with Crippen molar-refractivity contribution in [2.75, 3.05) is 20.3 Å². The molecule has 1 fully saturated rings. The molecule has 1 aromatic carbocycles. The number of carbonyl (C=O) groups excluding carboxylic acids is 1. The molecule has 0 bridgehead atoms. The number of Topliss-reactive ketones (excluding diaryl/α,β-unsaturated/α-hetero) is 1. The number of methoxy groups -OCH3 is 1. The third kappa shape index (κ3) is 4.29. The second kappa shape index (κ2) is 7.57. The van der Waals surface area contributed by atoms with Gasteiger partial charge in [0.2, 0.25) is 0 Å². The third-order valence-corrected chi connectivity index (χ3v) is 4.23. The molecule has 1 saturated carbocycles. The highest BCUT2D eigenvalue weighted by molar-refractivity contribution is 5.96. The van der Waals surface area contributed by atoms with Gasteiger partial charge in [0.15, 0.2) is 5.78 Å². The smallest absolute Gasteiger partial charge is 0.164 e. The van der Waals surface area contributed by atoms with Crippen molar-refractivity contribution >= 4 is 5.78 Å². The van der Waals surface area contributed by atoms with E-state index in [1.807, 2.05) is 12.1 Å². The SMILES string of the molecule is COC1(COc2cccc(C(=O)CCN)c2)CCCCC1. The normalized spacial score (nSPS) is 17.4. The van der Waals surface area contributed by atoms with Crippen molar-refractivity contribution in [3.8, 4) is 5.75 Å². The Hall–Kier alpha value is -1.39. The number of hydrogen-bond donors (Lipinski definition) is 1. The minimum absolute atomic E-state index is 0.0575. The summed E-state index contributed by atoms with van der Waals surface area (Å²) in [6, 6.07) is 7.33. The van der Waals surface area contributed by atoms with Crippen LogP contribution in [0.25, 0.3) is 0 Å². The lowest BCUT2D eigenvalue weighted by molar-refractivity contribution is -0.0686. The molecule has 0 atom stereocenters. The van der Waals surface area contributed by atoms with Gasteiger partial charge < -0.3 is 15.2 Å². The highest BCUT2D eigenvalue weighted by atomic mass is 16.5. The van der Waals surface area contributed by atoms with E-state index < -0.39 is 0 Å². The van der Waals surface area contributed by atoms with Crippen molar-refractivity contribution in [1.29, 1.82) is 0 Å². The van der Waals surface area contributed by atoms with Crippen LogP contribution in [-0.2, 0) is 4.74 Å². The topological polar surface area (TPSA) is 61.5 Å². The Kier molecular flexibility index (Phi) is 5.76. The average Bonchev–Trinajstić information content (AvgIpc) is 2.54.